The van der Waals surface area contributed by atoms with E-state index >= 15 is 0 Å². The molecule has 146 valence electrons. The Bertz CT molecular complexity index is 935. The molecule has 0 fully saturated rings. The molecular weight excluding hydrogens is 396 g/mol. The quantitative estimate of drug-likeness (QED) is 0.434. The number of nitrogens with zero attached hydrogens (tertiary/aromatic N) is 1. The maximum Gasteiger partial charge on any atom is 0.339 e. The lowest BCUT2D eigenvalue weighted by Gasteiger charge is -2.10. The van der Waals surface area contributed by atoms with Crippen molar-refractivity contribution in [3.63, 3.8) is 0 Å². The Morgan fingerprint density at radius 1 is 1.25 bits per heavy atom. The fourth-order valence-electron chi connectivity index (χ4n) is 2.40. The number of thioether (sulfide) groups is 1. The van der Waals surface area contributed by atoms with Gasteiger partial charge in [0.05, 0.1) is 16.2 Å². The van der Waals surface area contributed by atoms with Crippen molar-refractivity contribution in [2.45, 2.75) is 31.4 Å². The Balaban J connectivity index is 1.59. The minimum atomic E-state index is -0.465. The Morgan fingerprint density at radius 2 is 2.07 bits per heavy atom. The zero-order valence-electron chi connectivity index (χ0n) is 15.5. The number of rotatable bonds is 8. The normalized spacial score (nSPS) is 10.8. The summed E-state index contributed by atoms with van der Waals surface area (Å²) >= 11 is 2.85. The number of aromatic nitrogens is 1. The van der Waals surface area contributed by atoms with E-state index in [9.17, 15) is 9.59 Å². The van der Waals surface area contributed by atoms with Crippen LogP contribution in [0.1, 0.15) is 29.9 Å². The molecule has 2 aromatic heterocycles. The maximum atomic E-state index is 12.5. The third-order valence-corrected chi connectivity index (χ3v) is 5.55. The van der Waals surface area contributed by atoms with E-state index in [-0.39, 0.29) is 24.3 Å². The molecule has 0 radical (unpaired) electrons. The van der Waals surface area contributed by atoms with Gasteiger partial charge in [-0.3, -0.25) is 4.79 Å². The summed E-state index contributed by atoms with van der Waals surface area (Å²) in [7, 11) is 0. The van der Waals surface area contributed by atoms with E-state index in [2.05, 4.69) is 10.5 Å². The van der Waals surface area contributed by atoms with Crippen LogP contribution in [0.25, 0.3) is 10.6 Å². The molecule has 1 aromatic carbocycles. The van der Waals surface area contributed by atoms with Crippen LogP contribution in [0.4, 0.5) is 0 Å². The van der Waals surface area contributed by atoms with Gasteiger partial charge in [0.2, 0.25) is 5.91 Å². The molecule has 0 bridgehead atoms. The van der Waals surface area contributed by atoms with Gasteiger partial charge in [0.15, 0.2) is 5.76 Å². The van der Waals surface area contributed by atoms with E-state index in [4.69, 9.17) is 9.26 Å². The summed E-state index contributed by atoms with van der Waals surface area (Å²) in [5.41, 5.74) is 0.963. The van der Waals surface area contributed by atoms with E-state index < -0.39 is 5.97 Å². The summed E-state index contributed by atoms with van der Waals surface area (Å²) in [6, 6.07) is 12.8. The number of carbonyl (C=O) groups is 2. The van der Waals surface area contributed by atoms with Gasteiger partial charge in [0.25, 0.3) is 0 Å². The second-order valence-corrected chi connectivity index (χ2v) is 8.21. The van der Waals surface area contributed by atoms with E-state index in [0.29, 0.717) is 21.9 Å². The first-order valence-electron chi connectivity index (χ1n) is 8.70. The number of hydrogen-bond acceptors (Lipinski definition) is 7. The van der Waals surface area contributed by atoms with E-state index in [1.54, 1.807) is 35.6 Å². The Labute approximate surface area is 171 Å². The fourth-order valence-corrected chi connectivity index (χ4v) is 3.92. The van der Waals surface area contributed by atoms with Crippen molar-refractivity contribution in [3.05, 3.63) is 59.1 Å². The number of ether oxygens (including phenoxy) is 1. The van der Waals surface area contributed by atoms with Crippen molar-refractivity contribution < 1.29 is 18.8 Å². The van der Waals surface area contributed by atoms with Gasteiger partial charge >= 0.3 is 5.97 Å². The smallest absolute Gasteiger partial charge is 0.339 e. The third-order valence-electron chi connectivity index (χ3n) is 3.59. The van der Waals surface area contributed by atoms with Crippen molar-refractivity contribution in [1.29, 1.82) is 0 Å². The second kappa shape index (κ2) is 9.57. The molecule has 0 saturated heterocycles. The van der Waals surface area contributed by atoms with Crippen LogP contribution in [0, 0.1) is 0 Å². The summed E-state index contributed by atoms with van der Waals surface area (Å²) in [6.45, 7) is 3.82. The molecule has 1 amide bonds. The van der Waals surface area contributed by atoms with Crippen LogP contribution in [0.3, 0.4) is 0 Å². The summed E-state index contributed by atoms with van der Waals surface area (Å²) in [5, 5.41) is 8.72. The first-order valence-corrected chi connectivity index (χ1v) is 10.6. The van der Waals surface area contributed by atoms with Crippen molar-refractivity contribution >= 4 is 35.0 Å². The molecule has 0 spiro atoms. The van der Waals surface area contributed by atoms with E-state index in [1.807, 2.05) is 37.4 Å². The van der Waals surface area contributed by atoms with Crippen LogP contribution in [0.15, 0.2) is 57.3 Å². The second-order valence-electron chi connectivity index (χ2n) is 6.24. The topological polar surface area (TPSA) is 81.4 Å². The monoisotopic (exact) mass is 416 g/mol. The predicted octanol–water partition coefficient (Wildman–Crippen LogP) is 4.38. The number of nitrogens with one attached hydrogen (secondary N) is 1. The Kier molecular flexibility index (Phi) is 6.89. The lowest BCUT2D eigenvalue weighted by atomic mass is 10.2. The van der Waals surface area contributed by atoms with Crippen LogP contribution in [0.2, 0.25) is 0 Å². The number of thiophene rings is 1. The van der Waals surface area contributed by atoms with Crippen molar-refractivity contribution in [2.75, 3.05) is 5.75 Å². The van der Waals surface area contributed by atoms with Crippen molar-refractivity contribution in [3.8, 4) is 10.6 Å². The van der Waals surface area contributed by atoms with Crippen molar-refractivity contribution in [2.24, 2.45) is 0 Å². The SMILES string of the molecule is CC(C)NC(=O)CSc1ccccc1C(=O)OCc1cc(-c2cccs2)on1. The van der Waals surface area contributed by atoms with Gasteiger partial charge in [0, 0.05) is 17.0 Å². The number of amides is 1. The van der Waals surface area contributed by atoms with Crippen molar-refractivity contribution in [1.82, 2.24) is 10.5 Å². The van der Waals surface area contributed by atoms with Gasteiger partial charge in [-0.2, -0.15) is 0 Å². The number of benzene rings is 1. The minimum Gasteiger partial charge on any atom is -0.455 e. The molecule has 2 heterocycles. The van der Waals surface area contributed by atoms with Gasteiger partial charge < -0.3 is 14.6 Å². The highest BCUT2D eigenvalue weighted by molar-refractivity contribution is 8.00. The van der Waals surface area contributed by atoms with Gasteiger partial charge in [-0.1, -0.05) is 23.4 Å². The lowest BCUT2D eigenvalue weighted by molar-refractivity contribution is -0.119. The van der Waals surface area contributed by atoms with Gasteiger partial charge in [-0.25, -0.2) is 4.79 Å². The Morgan fingerprint density at radius 3 is 2.82 bits per heavy atom. The molecule has 0 aliphatic rings. The highest BCUT2D eigenvalue weighted by Gasteiger charge is 2.16. The molecule has 1 N–H and O–H groups in total. The average Bonchev–Trinajstić information content (AvgIpc) is 3.35. The third kappa shape index (κ3) is 5.46. The molecule has 3 aromatic rings. The molecule has 0 aliphatic heterocycles. The molecular formula is C20H20N2O4S2. The molecule has 28 heavy (non-hydrogen) atoms. The number of hydrogen-bond donors (Lipinski definition) is 1. The average molecular weight is 417 g/mol. The standard InChI is InChI=1S/C20H20N2O4S2/c1-13(2)21-19(23)12-28-17-7-4-3-6-15(17)20(24)25-11-14-10-16(26-22-14)18-8-5-9-27-18/h3-10,13H,11-12H2,1-2H3,(H,21,23). The van der Waals surface area contributed by atoms with Crippen LogP contribution in [0.5, 0.6) is 0 Å². The van der Waals surface area contributed by atoms with E-state index in [1.165, 1.54) is 11.8 Å². The van der Waals surface area contributed by atoms with Crippen LogP contribution < -0.4 is 5.32 Å². The Hall–Kier alpha value is -2.58. The highest BCUT2D eigenvalue weighted by atomic mass is 32.2. The summed E-state index contributed by atoms with van der Waals surface area (Å²) in [5.74, 6) is 0.337. The summed E-state index contributed by atoms with van der Waals surface area (Å²) in [6.07, 6.45) is 0. The van der Waals surface area contributed by atoms with Gasteiger partial charge in [-0.05, 0) is 37.4 Å². The first kappa shape index (κ1) is 20.2. The summed E-state index contributed by atoms with van der Waals surface area (Å²) < 4.78 is 10.7. The van der Waals surface area contributed by atoms with Crippen LogP contribution in [-0.4, -0.2) is 28.8 Å². The molecule has 0 aliphatic carbocycles. The van der Waals surface area contributed by atoms with Gasteiger partial charge in [0.1, 0.15) is 12.3 Å². The maximum absolute atomic E-state index is 12.5. The number of esters is 1. The van der Waals surface area contributed by atoms with Gasteiger partial charge in [-0.15, -0.1) is 23.1 Å². The molecule has 0 atom stereocenters. The molecule has 3 rings (SSSR count). The first-order chi connectivity index (χ1) is 13.5. The van der Waals surface area contributed by atoms with E-state index in [0.717, 1.165) is 4.88 Å². The van der Waals surface area contributed by atoms with Crippen LogP contribution in [-0.2, 0) is 16.1 Å². The number of carbonyl (C=O) groups excluding carboxylic acids is 2. The van der Waals surface area contributed by atoms with Crippen LogP contribution >= 0.6 is 23.1 Å². The predicted molar refractivity (Wildman–Crippen MR) is 109 cm³/mol. The zero-order chi connectivity index (χ0) is 19.9. The molecule has 0 saturated carbocycles. The molecule has 8 heteroatoms. The molecule has 6 nitrogen and oxygen atoms in total. The summed E-state index contributed by atoms with van der Waals surface area (Å²) in [4.78, 5) is 26.0. The zero-order valence-corrected chi connectivity index (χ0v) is 17.1. The molecule has 0 unspecified atom stereocenters. The fraction of sp³-hybridized carbons (Fsp3) is 0.250. The lowest BCUT2D eigenvalue weighted by Crippen LogP contribution is -2.31. The minimum absolute atomic E-state index is 0.0144. The largest absolute Gasteiger partial charge is 0.455 e. The highest BCUT2D eigenvalue weighted by Crippen LogP contribution is 2.26.